The molecule has 0 aliphatic carbocycles. The Kier molecular flexibility index (Phi) is 10.3. The largest absolute Gasteiger partial charge is 0.381 e. The standard InChI is InChI=1S/C20H32N4O4/c1-21-20(23-12-4-13-27-15-18-10-14-28-16-18)22-11-3-2-5-17-6-8-19(9-7-17)24(25)26/h6-9,18H,2-5,10-16H2,1H3,(H2,21,22,23). The first-order chi connectivity index (χ1) is 13.7. The van der Waals surface area contributed by atoms with Gasteiger partial charge in [0, 0.05) is 51.4 Å². The highest BCUT2D eigenvalue weighted by molar-refractivity contribution is 5.79. The van der Waals surface area contributed by atoms with Crippen molar-refractivity contribution >= 4 is 11.6 Å². The number of aliphatic imine (C=N–C) groups is 1. The van der Waals surface area contributed by atoms with Gasteiger partial charge in [0.05, 0.1) is 18.1 Å². The van der Waals surface area contributed by atoms with Crippen LogP contribution in [-0.4, -0.2) is 57.4 Å². The highest BCUT2D eigenvalue weighted by atomic mass is 16.6. The summed E-state index contributed by atoms with van der Waals surface area (Å²) in [5, 5.41) is 17.3. The molecule has 0 spiro atoms. The first-order valence-electron chi connectivity index (χ1n) is 10.0. The highest BCUT2D eigenvalue weighted by Gasteiger charge is 2.15. The number of non-ortho nitro benzene ring substituents is 1. The van der Waals surface area contributed by atoms with Crippen molar-refractivity contribution in [3.05, 3.63) is 39.9 Å². The summed E-state index contributed by atoms with van der Waals surface area (Å²) in [6.45, 7) is 4.90. The number of nitrogens with one attached hydrogen (secondary N) is 2. The molecule has 1 saturated heterocycles. The lowest BCUT2D eigenvalue weighted by Gasteiger charge is -2.12. The number of ether oxygens (including phenoxy) is 2. The van der Waals surface area contributed by atoms with Crippen LogP contribution in [0.15, 0.2) is 29.3 Å². The Hall–Kier alpha value is -2.19. The van der Waals surface area contributed by atoms with Crippen LogP contribution >= 0.6 is 0 Å². The van der Waals surface area contributed by atoms with E-state index in [0.29, 0.717) is 5.92 Å². The van der Waals surface area contributed by atoms with E-state index in [1.807, 2.05) is 12.1 Å². The molecular weight excluding hydrogens is 360 g/mol. The van der Waals surface area contributed by atoms with Crippen LogP contribution in [0.2, 0.25) is 0 Å². The quantitative estimate of drug-likeness (QED) is 0.186. The second-order valence-corrected chi connectivity index (χ2v) is 6.96. The van der Waals surface area contributed by atoms with Crippen molar-refractivity contribution in [2.24, 2.45) is 10.9 Å². The normalized spacial score (nSPS) is 16.9. The van der Waals surface area contributed by atoms with Gasteiger partial charge in [-0.25, -0.2) is 0 Å². The number of rotatable bonds is 12. The third kappa shape index (κ3) is 8.67. The molecule has 1 aromatic carbocycles. The van der Waals surface area contributed by atoms with Crippen molar-refractivity contribution in [1.29, 1.82) is 0 Å². The number of hydrogen-bond acceptors (Lipinski definition) is 5. The maximum absolute atomic E-state index is 10.7. The Morgan fingerprint density at radius 3 is 2.64 bits per heavy atom. The van der Waals surface area contributed by atoms with Gasteiger partial charge >= 0.3 is 0 Å². The molecule has 1 unspecified atom stereocenters. The molecule has 0 aromatic heterocycles. The van der Waals surface area contributed by atoms with Crippen LogP contribution in [0.5, 0.6) is 0 Å². The van der Waals surface area contributed by atoms with E-state index in [-0.39, 0.29) is 10.6 Å². The number of guanidine groups is 1. The smallest absolute Gasteiger partial charge is 0.269 e. The summed E-state index contributed by atoms with van der Waals surface area (Å²) in [5.74, 6) is 1.37. The van der Waals surface area contributed by atoms with E-state index in [1.165, 1.54) is 0 Å². The number of benzene rings is 1. The van der Waals surface area contributed by atoms with E-state index in [0.717, 1.165) is 83.1 Å². The van der Waals surface area contributed by atoms with Crippen LogP contribution in [0.25, 0.3) is 0 Å². The van der Waals surface area contributed by atoms with Crippen LogP contribution in [-0.2, 0) is 15.9 Å². The SMILES string of the molecule is CN=C(NCCCCc1ccc([N+](=O)[O-])cc1)NCCCOCC1CCOC1. The molecule has 8 nitrogen and oxygen atoms in total. The Bertz CT molecular complexity index is 601. The minimum absolute atomic E-state index is 0.137. The molecular formula is C20H32N4O4. The zero-order chi connectivity index (χ0) is 20.0. The van der Waals surface area contributed by atoms with Crippen molar-refractivity contribution < 1.29 is 14.4 Å². The lowest BCUT2D eigenvalue weighted by Crippen LogP contribution is -2.38. The molecule has 8 heteroatoms. The van der Waals surface area contributed by atoms with Gasteiger partial charge in [-0.3, -0.25) is 15.1 Å². The lowest BCUT2D eigenvalue weighted by molar-refractivity contribution is -0.384. The average Bonchev–Trinajstić information content (AvgIpc) is 3.22. The van der Waals surface area contributed by atoms with E-state index >= 15 is 0 Å². The van der Waals surface area contributed by atoms with Crippen LogP contribution in [0, 0.1) is 16.0 Å². The third-order valence-electron chi connectivity index (χ3n) is 4.69. The molecule has 28 heavy (non-hydrogen) atoms. The fraction of sp³-hybridized carbons (Fsp3) is 0.650. The Morgan fingerprint density at radius 1 is 1.25 bits per heavy atom. The van der Waals surface area contributed by atoms with E-state index < -0.39 is 0 Å². The van der Waals surface area contributed by atoms with Crippen LogP contribution in [0.1, 0.15) is 31.2 Å². The minimum Gasteiger partial charge on any atom is -0.381 e. The predicted octanol–water partition coefficient (Wildman–Crippen LogP) is 2.53. The van der Waals surface area contributed by atoms with E-state index in [2.05, 4.69) is 15.6 Å². The lowest BCUT2D eigenvalue weighted by atomic mass is 10.1. The molecule has 2 N–H and O–H groups in total. The van der Waals surface area contributed by atoms with Gasteiger partial charge in [-0.15, -0.1) is 0 Å². The zero-order valence-corrected chi connectivity index (χ0v) is 16.7. The van der Waals surface area contributed by atoms with E-state index in [9.17, 15) is 10.1 Å². The molecule has 1 atom stereocenters. The van der Waals surface area contributed by atoms with Crippen LogP contribution < -0.4 is 10.6 Å². The molecule has 1 aromatic rings. The molecule has 1 fully saturated rings. The van der Waals surface area contributed by atoms with Crippen molar-refractivity contribution in [3.8, 4) is 0 Å². The number of aryl methyl sites for hydroxylation is 1. The number of nitro groups is 1. The zero-order valence-electron chi connectivity index (χ0n) is 16.7. The molecule has 1 aliphatic heterocycles. The summed E-state index contributed by atoms with van der Waals surface area (Å²) in [6.07, 6.45) is 4.98. The Balaban J connectivity index is 1.47. The van der Waals surface area contributed by atoms with Crippen molar-refractivity contribution in [2.45, 2.75) is 32.1 Å². The molecule has 156 valence electrons. The topological polar surface area (TPSA) is 98.0 Å². The van der Waals surface area contributed by atoms with Crippen molar-refractivity contribution in [1.82, 2.24) is 10.6 Å². The molecule has 0 radical (unpaired) electrons. The first kappa shape index (κ1) is 22.1. The second-order valence-electron chi connectivity index (χ2n) is 6.96. The van der Waals surface area contributed by atoms with E-state index in [1.54, 1.807) is 19.2 Å². The molecule has 1 aliphatic rings. The van der Waals surface area contributed by atoms with Crippen LogP contribution in [0.3, 0.4) is 0 Å². The molecule has 1 heterocycles. The monoisotopic (exact) mass is 392 g/mol. The number of nitro benzene ring substituents is 1. The van der Waals surface area contributed by atoms with Gasteiger partial charge in [-0.2, -0.15) is 0 Å². The van der Waals surface area contributed by atoms with Gasteiger partial charge in [-0.05, 0) is 37.7 Å². The number of nitrogens with zero attached hydrogens (tertiary/aromatic N) is 2. The fourth-order valence-electron chi connectivity index (χ4n) is 3.01. The first-order valence-corrected chi connectivity index (χ1v) is 10.0. The van der Waals surface area contributed by atoms with Crippen LogP contribution in [0.4, 0.5) is 5.69 Å². The summed E-state index contributed by atoms with van der Waals surface area (Å²) >= 11 is 0. The number of unbranched alkanes of at least 4 members (excludes halogenated alkanes) is 1. The molecule has 0 saturated carbocycles. The van der Waals surface area contributed by atoms with Gasteiger partial charge < -0.3 is 20.1 Å². The van der Waals surface area contributed by atoms with Gasteiger partial charge in [-0.1, -0.05) is 12.1 Å². The summed E-state index contributed by atoms with van der Waals surface area (Å²) in [4.78, 5) is 14.5. The predicted molar refractivity (Wildman–Crippen MR) is 110 cm³/mol. The third-order valence-corrected chi connectivity index (χ3v) is 4.69. The number of hydrogen-bond donors (Lipinski definition) is 2. The van der Waals surface area contributed by atoms with Gasteiger partial charge in [0.15, 0.2) is 5.96 Å². The Labute approximate surface area is 166 Å². The summed E-state index contributed by atoms with van der Waals surface area (Å²) in [7, 11) is 1.77. The summed E-state index contributed by atoms with van der Waals surface area (Å²) < 4.78 is 11.0. The van der Waals surface area contributed by atoms with Gasteiger partial charge in [0.1, 0.15) is 0 Å². The highest BCUT2D eigenvalue weighted by Crippen LogP contribution is 2.13. The molecule has 0 amide bonds. The van der Waals surface area contributed by atoms with Gasteiger partial charge in [0.2, 0.25) is 0 Å². The second kappa shape index (κ2) is 13.1. The maximum Gasteiger partial charge on any atom is 0.269 e. The molecule has 0 bridgehead atoms. The maximum atomic E-state index is 10.7. The van der Waals surface area contributed by atoms with Gasteiger partial charge in [0.25, 0.3) is 5.69 Å². The average molecular weight is 393 g/mol. The summed E-state index contributed by atoms with van der Waals surface area (Å²) in [5.41, 5.74) is 1.26. The summed E-state index contributed by atoms with van der Waals surface area (Å²) in [6, 6.07) is 6.77. The Morgan fingerprint density at radius 2 is 2.00 bits per heavy atom. The van der Waals surface area contributed by atoms with Crippen molar-refractivity contribution in [3.63, 3.8) is 0 Å². The van der Waals surface area contributed by atoms with E-state index in [4.69, 9.17) is 9.47 Å². The minimum atomic E-state index is -0.372. The fourth-order valence-corrected chi connectivity index (χ4v) is 3.01. The van der Waals surface area contributed by atoms with Crippen molar-refractivity contribution in [2.75, 3.05) is 46.6 Å². The molecule has 2 rings (SSSR count).